The molecule has 0 amide bonds. The Balaban J connectivity index is 4.60. The summed E-state index contributed by atoms with van der Waals surface area (Å²) in [5.74, 6) is 0. The molecule has 2 atom stereocenters. The molecule has 0 aromatic heterocycles. The van der Waals surface area contributed by atoms with Crippen LogP contribution in [0.5, 0.6) is 0 Å². The highest BCUT2D eigenvalue weighted by Gasteiger charge is 2.25. The average molecular weight is 256 g/mol. The molecule has 0 aliphatic carbocycles. The van der Waals surface area contributed by atoms with E-state index in [0.29, 0.717) is 6.04 Å². The second kappa shape index (κ2) is 10.8. The van der Waals surface area contributed by atoms with Crippen molar-refractivity contribution < 1.29 is 0 Å². The maximum Gasteiger partial charge on any atom is 0.0248 e. The number of nitrogens with zero attached hydrogens (tertiary/aromatic N) is 2. The molecule has 0 saturated carbocycles. The highest BCUT2D eigenvalue weighted by atomic mass is 15.2. The number of hydrogen-bond donors (Lipinski definition) is 0. The molecule has 18 heavy (non-hydrogen) atoms. The third-order valence-corrected chi connectivity index (χ3v) is 4.33. The Kier molecular flexibility index (Phi) is 10.8. The normalized spacial score (nSPS) is 15.3. The van der Waals surface area contributed by atoms with Crippen molar-refractivity contribution in [2.75, 3.05) is 26.2 Å². The van der Waals surface area contributed by atoms with Gasteiger partial charge in [-0.1, -0.05) is 53.9 Å². The predicted molar refractivity (Wildman–Crippen MR) is 83.2 cm³/mol. The molecular weight excluding hydrogens is 220 g/mol. The zero-order chi connectivity index (χ0) is 14.0. The molecule has 0 fully saturated rings. The van der Waals surface area contributed by atoms with Gasteiger partial charge < -0.3 is 0 Å². The molecule has 0 N–H and O–H groups in total. The summed E-state index contributed by atoms with van der Waals surface area (Å²) in [7, 11) is 0. The van der Waals surface area contributed by atoms with Crippen LogP contribution in [0.15, 0.2) is 0 Å². The molecular formula is C16H36N2. The van der Waals surface area contributed by atoms with Crippen LogP contribution in [0.1, 0.15) is 67.2 Å². The summed E-state index contributed by atoms with van der Waals surface area (Å²) in [6.07, 6.45) is 5.43. The Hall–Kier alpha value is -0.0800. The SMILES string of the molecule is CCCCCC(C(C)N(CC)CC)N(CC)CC. The van der Waals surface area contributed by atoms with E-state index in [-0.39, 0.29) is 0 Å². The summed E-state index contributed by atoms with van der Waals surface area (Å²) in [4.78, 5) is 5.26. The van der Waals surface area contributed by atoms with Gasteiger partial charge in [-0.2, -0.15) is 0 Å². The van der Waals surface area contributed by atoms with Crippen molar-refractivity contribution in [2.45, 2.75) is 79.3 Å². The minimum Gasteiger partial charge on any atom is -0.300 e. The Morgan fingerprint density at radius 3 is 1.61 bits per heavy atom. The molecule has 0 aromatic carbocycles. The summed E-state index contributed by atoms with van der Waals surface area (Å²) < 4.78 is 0. The average Bonchev–Trinajstić information content (AvgIpc) is 2.39. The molecule has 2 heteroatoms. The predicted octanol–water partition coefficient (Wildman–Crippen LogP) is 4.01. The zero-order valence-electron chi connectivity index (χ0n) is 13.7. The lowest BCUT2D eigenvalue weighted by Crippen LogP contribution is -2.50. The summed E-state index contributed by atoms with van der Waals surface area (Å²) in [5.41, 5.74) is 0. The van der Waals surface area contributed by atoms with Crippen molar-refractivity contribution in [1.82, 2.24) is 9.80 Å². The number of hydrogen-bond acceptors (Lipinski definition) is 2. The fraction of sp³-hybridized carbons (Fsp3) is 1.00. The standard InChI is InChI=1S/C16H36N2/c1-7-12-13-14-16(18(10-4)11-5)15(6)17(8-2)9-3/h15-16H,7-14H2,1-6H3. The summed E-state index contributed by atoms with van der Waals surface area (Å²) in [6.45, 7) is 18.6. The van der Waals surface area contributed by atoms with Crippen molar-refractivity contribution in [3.63, 3.8) is 0 Å². The molecule has 110 valence electrons. The maximum absolute atomic E-state index is 2.65. The van der Waals surface area contributed by atoms with Crippen molar-refractivity contribution in [1.29, 1.82) is 0 Å². The Bertz CT molecular complexity index is 174. The molecule has 0 aliphatic heterocycles. The van der Waals surface area contributed by atoms with Crippen LogP contribution in [0.2, 0.25) is 0 Å². The van der Waals surface area contributed by atoms with E-state index in [9.17, 15) is 0 Å². The summed E-state index contributed by atoms with van der Waals surface area (Å²) in [6, 6.07) is 1.41. The van der Waals surface area contributed by atoms with E-state index in [1.807, 2.05) is 0 Å². The van der Waals surface area contributed by atoms with E-state index in [0.717, 1.165) is 6.04 Å². The van der Waals surface area contributed by atoms with Gasteiger partial charge in [0.2, 0.25) is 0 Å². The van der Waals surface area contributed by atoms with Crippen molar-refractivity contribution in [3.8, 4) is 0 Å². The van der Waals surface area contributed by atoms with Gasteiger partial charge in [0, 0.05) is 12.1 Å². The van der Waals surface area contributed by atoms with Crippen LogP contribution in [-0.2, 0) is 0 Å². The van der Waals surface area contributed by atoms with Crippen molar-refractivity contribution in [3.05, 3.63) is 0 Å². The Morgan fingerprint density at radius 2 is 1.22 bits per heavy atom. The first-order valence-corrected chi connectivity index (χ1v) is 8.14. The molecule has 0 aromatic rings. The van der Waals surface area contributed by atoms with E-state index in [2.05, 4.69) is 51.3 Å². The van der Waals surface area contributed by atoms with E-state index in [1.54, 1.807) is 0 Å². The fourth-order valence-corrected chi connectivity index (χ4v) is 3.07. The molecule has 2 nitrogen and oxygen atoms in total. The first-order chi connectivity index (χ1) is 8.65. The number of rotatable bonds is 11. The second-order valence-electron chi connectivity index (χ2n) is 5.25. The highest BCUT2D eigenvalue weighted by Crippen LogP contribution is 2.17. The number of unbranched alkanes of at least 4 members (excludes halogenated alkanes) is 2. The third-order valence-electron chi connectivity index (χ3n) is 4.33. The van der Waals surface area contributed by atoms with Gasteiger partial charge in [0.1, 0.15) is 0 Å². The minimum absolute atomic E-state index is 0.678. The van der Waals surface area contributed by atoms with E-state index in [1.165, 1.54) is 51.9 Å². The summed E-state index contributed by atoms with van der Waals surface area (Å²) in [5, 5.41) is 0. The first-order valence-electron chi connectivity index (χ1n) is 8.14. The van der Waals surface area contributed by atoms with E-state index < -0.39 is 0 Å². The molecule has 0 spiro atoms. The monoisotopic (exact) mass is 256 g/mol. The Labute approximate surface area is 116 Å². The molecule has 0 heterocycles. The van der Waals surface area contributed by atoms with Crippen LogP contribution in [0.25, 0.3) is 0 Å². The topological polar surface area (TPSA) is 6.48 Å². The number of likely N-dealkylation sites (N-methyl/N-ethyl adjacent to an activating group) is 2. The lowest BCUT2D eigenvalue weighted by Gasteiger charge is -2.39. The molecule has 0 aliphatic rings. The van der Waals surface area contributed by atoms with Gasteiger partial charge >= 0.3 is 0 Å². The van der Waals surface area contributed by atoms with Gasteiger partial charge in [0.15, 0.2) is 0 Å². The molecule has 0 radical (unpaired) electrons. The van der Waals surface area contributed by atoms with Gasteiger partial charge in [0.25, 0.3) is 0 Å². The van der Waals surface area contributed by atoms with Crippen LogP contribution in [-0.4, -0.2) is 48.1 Å². The van der Waals surface area contributed by atoms with Gasteiger partial charge in [-0.3, -0.25) is 9.80 Å². The quantitative estimate of drug-likeness (QED) is 0.515. The van der Waals surface area contributed by atoms with Gasteiger partial charge in [0.05, 0.1) is 0 Å². The van der Waals surface area contributed by atoms with Gasteiger partial charge in [-0.05, 0) is 39.5 Å². The third kappa shape index (κ3) is 5.71. The smallest absolute Gasteiger partial charge is 0.0248 e. The Morgan fingerprint density at radius 1 is 0.722 bits per heavy atom. The van der Waals surface area contributed by atoms with E-state index >= 15 is 0 Å². The lowest BCUT2D eigenvalue weighted by atomic mass is 9.99. The molecule has 0 bridgehead atoms. The van der Waals surface area contributed by atoms with Crippen LogP contribution in [0.4, 0.5) is 0 Å². The van der Waals surface area contributed by atoms with Gasteiger partial charge in [-0.25, -0.2) is 0 Å². The van der Waals surface area contributed by atoms with Crippen LogP contribution in [0.3, 0.4) is 0 Å². The zero-order valence-corrected chi connectivity index (χ0v) is 13.7. The highest BCUT2D eigenvalue weighted by molar-refractivity contribution is 4.82. The van der Waals surface area contributed by atoms with Crippen LogP contribution in [0, 0.1) is 0 Å². The molecule has 0 rings (SSSR count). The van der Waals surface area contributed by atoms with Crippen molar-refractivity contribution in [2.24, 2.45) is 0 Å². The fourth-order valence-electron chi connectivity index (χ4n) is 3.07. The molecule has 0 saturated heterocycles. The minimum atomic E-state index is 0.678. The largest absolute Gasteiger partial charge is 0.300 e. The van der Waals surface area contributed by atoms with Crippen LogP contribution >= 0.6 is 0 Å². The lowest BCUT2D eigenvalue weighted by molar-refractivity contribution is 0.0923. The molecule has 2 unspecified atom stereocenters. The summed E-state index contributed by atoms with van der Waals surface area (Å²) >= 11 is 0. The van der Waals surface area contributed by atoms with Crippen LogP contribution < -0.4 is 0 Å². The van der Waals surface area contributed by atoms with Gasteiger partial charge in [-0.15, -0.1) is 0 Å². The maximum atomic E-state index is 2.65. The second-order valence-corrected chi connectivity index (χ2v) is 5.25. The van der Waals surface area contributed by atoms with E-state index in [4.69, 9.17) is 0 Å². The first kappa shape index (κ1) is 17.9. The van der Waals surface area contributed by atoms with Crippen molar-refractivity contribution >= 4 is 0 Å².